The maximum atomic E-state index is 10.3. The normalized spacial score (nSPS) is 22.5. The molecule has 1 rings (SSSR count). The van der Waals surface area contributed by atoms with E-state index in [0.29, 0.717) is 6.42 Å². The van der Waals surface area contributed by atoms with Crippen LogP contribution in [0.4, 0.5) is 0 Å². The van der Waals surface area contributed by atoms with Crippen molar-refractivity contribution in [3.05, 3.63) is 11.6 Å². The van der Waals surface area contributed by atoms with Crippen molar-refractivity contribution in [2.45, 2.75) is 39.5 Å². The zero-order valence-corrected chi connectivity index (χ0v) is 7.39. The number of carbonyl (C=O) groups excluding carboxylic acids is 1. The summed E-state index contributed by atoms with van der Waals surface area (Å²) in [5.74, 6) is 0. The molecule has 0 radical (unpaired) electrons. The molecule has 0 fully saturated rings. The summed E-state index contributed by atoms with van der Waals surface area (Å²) in [5.41, 5.74) is 1.61. The minimum absolute atomic E-state index is 0.277. The van der Waals surface area contributed by atoms with E-state index in [4.69, 9.17) is 0 Å². The molecule has 0 spiro atoms. The Morgan fingerprint density at radius 3 is 2.91 bits per heavy atom. The van der Waals surface area contributed by atoms with Gasteiger partial charge in [-0.25, -0.2) is 0 Å². The van der Waals surface area contributed by atoms with Crippen LogP contribution in [-0.2, 0) is 4.79 Å². The summed E-state index contributed by atoms with van der Waals surface area (Å²) in [6, 6.07) is 0. The van der Waals surface area contributed by atoms with E-state index in [0.717, 1.165) is 12.7 Å². The summed E-state index contributed by atoms with van der Waals surface area (Å²) < 4.78 is 0. The Kier molecular flexibility index (Phi) is 2.48. The van der Waals surface area contributed by atoms with Gasteiger partial charge in [0.05, 0.1) is 0 Å². The maximum Gasteiger partial charge on any atom is 0.124 e. The Bertz CT molecular complexity index is 177. The topological polar surface area (TPSA) is 17.1 Å². The summed E-state index contributed by atoms with van der Waals surface area (Å²) in [6.07, 6.45) is 7.54. The van der Waals surface area contributed by atoms with Crippen LogP contribution in [0.15, 0.2) is 11.6 Å². The summed E-state index contributed by atoms with van der Waals surface area (Å²) in [4.78, 5) is 10.3. The Labute approximate surface area is 68.5 Å². The zero-order valence-electron chi connectivity index (χ0n) is 7.39. The SMILES string of the molecule is CC1(C)CCCC=C1CC=O. The second-order valence-corrected chi connectivity index (χ2v) is 3.88. The van der Waals surface area contributed by atoms with Gasteiger partial charge in [-0.1, -0.05) is 25.5 Å². The van der Waals surface area contributed by atoms with Crippen molar-refractivity contribution in [2.75, 3.05) is 0 Å². The van der Waals surface area contributed by atoms with E-state index in [9.17, 15) is 4.79 Å². The molecule has 62 valence electrons. The van der Waals surface area contributed by atoms with Crippen molar-refractivity contribution in [3.8, 4) is 0 Å². The van der Waals surface area contributed by atoms with Crippen LogP contribution in [0.5, 0.6) is 0 Å². The van der Waals surface area contributed by atoms with Crippen molar-refractivity contribution in [2.24, 2.45) is 5.41 Å². The fourth-order valence-electron chi connectivity index (χ4n) is 1.71. The van der Waals surface area contributed by atoms with Crippen LogP contribution in [0.3, 0.4) is 0 Å². The third-order valence-electron chi connectivity index (χ3n) is 2.57. The summed E-state index contributed by atoms with van der Waals surface area (Å²) in [6.45, 7) is 4.45. The molecule has 0 amide bonds. The van der Waals surface area contributed by atoms with Gasteiger partial charge in [0.1, 0.15) is 6.29 Å². The van der Waals surface area contributed by atoms with Gasteiger partial charge in [0.15, 0.2) is 0 Å². The van der Waals surface area contributed by atoms with Gasteiger partial charge < -0.3 is 4.79 Å². The molecule has 0 saturated carbocycles. The number of rotatable bonds is 2. The predicted molar refractivity (Wildman–Crippen MR) is 46.4 cm³/mol. The van der Waals surface area contributed by atoms with Crippen LogP contribution < -0.4 is 0 Å². The molecule has 0 aromatic carbocycles. The van der Waals surface area contributed by atoms with E-state index in [1.165, 1.54) is 18.4 Å². The third-order valence-corrected chi connectivity index (χ3v) is 2.57. The molecule has 0 saturated heterocycles. The van der Waals surface area contributed by atoms with Gasteiger partial charge in [-0.2, -0.15) is 0 Å². The highest BCUT2D eigenvalue weighted by Gasteiger charge is 2.24. The van der Waals surface area contributed by atoms with E-state index in [1.807, 2.05) is 0 Å². The molecule has 1 nitrogen and oxygen atoms in total. The molecule has 1 aliphatic carbocycles. The molecule has 0 bridgehead atoms. The lowest BCUT2D eigenvalue weighted by Gasteiger charge is -2.30. The third kappa shape index (κ3) is 1.92. The monoisotopic (exact) mass is 152 g/mol. The molecule has 0 aromatic heterocycles. The number of carbonyl (C=O) groups is 1. The lowest BCUT2D eigenvalue weighted by Crippen LogP contribution is -2.18. The van der Waals surface area contributed by atoms with Crippen LogP contribution >= 0.6 is 0 Å². The van der Waals surface area contributed by atoms with Crippen LogP contribution in [0.2, 0.25) is 0 Å². The Morgan fingerprint density at radius 1 is 1.64 bits per heavy atom. The number of aldehydes is 1. The molecule has 0 N–H and O–H groups in total. The quantitative estimate of drug-likeness (QED) is 0.439. The van der Waals surface area contributed by atoms with E-state index in [2.05, 4.69) is 19.9 Å². The first-order valence-electron chi connectivity index (χ1n) is 4.30. The Morgan fingerprint density at radius 2 is 2.36 bits per heavy atom. The Balaban J connectivity index is 2.71. The van der Waals surface area contributed by atoms with Crippen molar-refractivity contribution < 1.29 is 4.79 Å². The fraction of sp³-hybridized carbons (Fsp3) is 0.700. The highest BCUT2D eigenvalue weighted by molar-refractivity contribution is 5.55. The predicted octanol–water partition coefficient (Wildman–Crippen LogP) is 2.71. The van der Waals surface area contributed by atoms with Crippen LogP contribution in [-0.4, -0.2) is 6.29 Å². The maximum absolute atomic E-state index is 10.3. The van der Waals surface area contributed by atoms with E-state index >= 15 is 0 Å². The van der Waals surface area contributed by atoms with E-state index in [1.54, 1.807) is 0 Å². The molecular formula is C10H16O. The average molecular weight is 152 g/mol. The van der Waals surface area contributed by atoms with Crippen LogP contribution in [0, 0.1) is 5.41 Å². The van der Waals surface area contributed by atoms with Crippen molar-refractivity contribution in [1.29, 1.82) is 0 Å². The average Bonchev–Trinajstić information content (AvgIpc) is 1.94. The molecule has 0 aromatic rings. The smallest absolute Gasteiger partial charge is 0.124 e. The molecule has 1 heteroatoms. The largest absolute Gasteiger partial charge is 0.303 e. The minimum atomic E-state index is 0.277. The van der Waals surface area contributed by atoms with E-state index in [-0.39, 0.29) is 5.41 Å². The highest BCUT2D eigenvalue weighted by Crippen LogP contribution is 2.37. The second kappa shape index (κ2) is 3.21. The first-order chi connectivity index (χ1) is 5.17. The first-order valence-corrected chi connectivity index (χ1v) is 4.30. The van der Waals surface area contributed by atoms with E-state index < -0.39 is 0 Å². The second-order valence-electron chi connectivity index (χ2n) is 3.88. The molecule has 11 heavy (non-hydrogen) atoms. The van der Waals surface area contributed by atoms with Gasteiger partial charge in [0.2, 0.25) is 0 Å². The van der Waals surface area contributed by atoms with Gasteiger partial charge in [-0.15, -0.1) is 0 Å². The molecule has 1 aliphatic rings. The summed E-state index contributed by atoms with van der Waals surface area (Å²) in [7, 11) is 0. The summed E-state index contributed by atoms with van der Waals surface area (Å²) in [5, 5.41) is 0. The lowest BCUT2D eigenvalue weighted by molar-refractivity contribution is -0.107. The number of allylic oxidation sites excluding steroid dienone is 2. The van der Waals surface area contributed by atoms with Gasteiger partial charge in [0.25, 0.3) is 0 Å². The first kappa shape index (κ1) is 8.51. The van der Waals surface area contributed by atoms with Crippen LogP contribution in [0.1, 0.15) is 39.5 Å². The van der Waals surface area contributed by atoms with Crippen molar-refractivity contribution in [3.63, 3.8) is 0 Å². The van der Waals surface area contributed by atoms with Crippen molar-refractivity contribution in [1.82, 2.24) is 0 Å². The van der Waals surface area contributed by atoms with Gasteiger partial charge in [-0.05, 0) is 24.7 Å². The Hall–Kier alpha value is -0.590. The minimum Gasteiger partial charge on any atom is -0.303 e. The lowest BCUT2D eigenvalue weighted by atomic mass is 9.75. The number of hydrogen-bond acceptors (Lipinski definition) is 1. The van der Waals surface area contributed by atoms with Crippen LogP contribution in [0.25, 0.3) is 0 Å². The van der Waals surface area contributed by atoms with Gasteiger partial charge in [-0.3, -0.25) is 0 Å². The molecule has 0 aliphatic heterocycles. The highest BCUT2D eigenvalue weighted by atomic mass is 16.1. The zero-order chi connectivity index (χ0) is 8.32. The molecule has 0 heterocycles. The molecule has 0 unspecified atom stereocenters. The fourth-order valence-corrected chi connectivity index (χ4v) is 1.71. The standard InChI is InChI=1S/C10H16O/c1-10(2)7-4-3-5-9(10)6-8-11/h5,8H,3-4,6-7H2,1-2H3. The summed E-state index contributed by atoms with van der Waals surface area (Å²) >= 11 is 0. The number of hydrogen-bond donors (Lipinski definition) is 0. The van der Waals surface area contributed by atoms with Crippen molar-refractivity contribution >= 4 is 6.29 Å². The van der Waals surface area contributed by atoms with Gasteiger partial charge in [0, 0.05) is 6.42 Å². The van der Waals surface area contributed by atoms with Gasteiger partial charge >= 0.3 is 0 Å². The molecule has 0 atom stereocenters. The molecular weight excluding hydrogens is 136 g/mol.